The lowest BCUT2D eigenvalue weighted by Gasteiger charge is -2.18. The minimum atomic E-state index is 0.00486. The fourth-order valence-electron chi connectivity index (χ4n) is 7.62. The lowest BCUT2D eigenvalue weighted by Crippen LogP contribution is -2.24. The van der Waals surface area contributed by atoms with E-state index in [1.54, 1.807) is 0 Å². The maximum atomic E-state index is 12.8. The summed E-state index contributed by atoms with van der Waals surface area (Å²) in [5.41, 5.74) is 0. The molecule has 1 heterocycles. The first kappa shape index (κ1) is 40.1. The van der Waals surface area contributed by atoms with Crippen LogP contribution in [0.2, 0.25) is 0 Å². The number of ether oxygens (including phenoxy) is 2. The van der Waals surface area contributed by atoms with E-state index in [1.165, 1.54) is 141 Å². The van der Waals surface area contributed by atoms with Gasteiger partial charge in [0, 0.05) is 19.5 Å². The zero-order valence-corrected chi connectivity index (χ0v) is 30.5. The molecule has 45 heavy (non-hydrogen) atoms. The summed E-state index contributed by atoms with van der Waals surface area (Å²) in [5.74, 6) is 2.44. The highest BCUT2D eigenvalue weighted by Crippen LogP contribution is 2.51. The second kappa shape index (κ2) is 25.9. The van der Waals surface area contributed by atoms with Crippen molar-refractivity contribution in [1.82, 2.24) is 4.90 Å². The molecule has 0 aromatic carbocycles. The maximum absolute atomic E-state index is 12.8. The van der Waals surface area contributed by atoms with E-state index in [9.17, 15) is 9.59 Å². The van der Waals surface area contributed by atoms with Gasteiger partial charge in [-0.25, -0.2) is 0 Å². The van der Waals surface area contributed by atoms with Crippen molar-refractivity contribution in [2.24, 2.45) is 29.6 Å². The van der Waals surface area contributed by atoms with Crippen LogP contribution < -0.4 is 0 Å². The summed E-state index contributed by atoms with van der Waals surface area (Å²) in [7, 11) is 2.16. The molecule has 0 radical (unpaired) electrons. The SMILES string of the molecule is CCCCCCCCCCC(CCCCCCCCC(=O)OCC(CCCC)CCCCCC)COC(=O)C1C2CN(C)CC21. The van der Waals surface area contributed by atoms with Crippen LogP contribution in [0.3, 0.4) is 0 Å². The summed E-state index contributed by atoms with van der Waals surface area (Å²) in [5, 5.41) is 0. The van der Waals surface area contributed by atoms with Gasteiger partial charge in [-0.15, -0.1) is 0 Å². The number of esters is 2. The molecule has 0 spiro atoms. The third-order valence-corrected chi connectivity index (χ3v) is 10.7. The van der Waals surface area contributed by atoms with Crippen LogP contribution in [-0.2, 0) is 19.1 Å². The Bertz CT molecular complexity index is 730. The average Bonchev–Trinajstić information content (AvgIpc) is 3.56. The standard InChI is InChI=1S/C40H75NO4/c1-5-8-11-13-14-15-18-22-27-35(33-45-40(43)39-36-30-41(4)31-37(36)39)28-23-19-16-17-20-24-29-38(42)44-32-34(25-10-7-3)26-21-12-9-6-2/h34-37,39H,5-33H2,1-4H3. The highest BCUT2D eigenvalue weighted by atomic mass is 16.5. The monoisotopic (exact) mass is 634 g/mol. The van der Waals surface area contributed by atoms with Gasteiger partial charge in [0.15, 0.2) is 0 Å². The summed E-state index contributed by atoms with van der Waals surface area (Å²) >= 11 is 0. The lowest BCUT2D eigenvalue weighted by molar-refractivity contribution is -0.148. The second-order valence-electron chi connectivity index (χ2n) is 15.0. The van der Waals surface area contributed by atoms with Gasteiger partial charge < -0.3 is 14.4 Å². The zero-order valence-electron chi connectivity index (χ0n) is 30.5. The van der Waals surface area contributed by atoms with Crippen LogP contribution >= 0.6 is 0 Å². The van der Waals surface area contributed by atoms with Crippen LogP contribution in [0.25, 0.3) is 0 Å². The van der Waals surface area contributed by atoms with Gasteiger partial charge in [-0.2, -0.15) is 0 Å². The molecule has 264 valence electrons. The molecule has 5 heteroatoms. The Labute approximate surface area is 279 Å². The van der Waals surface area contributed by atoms with Crippen LogP contribution in [0.5, 0.6) is 0 Å². The topological polar surface area (TPSA) is 55.8 Å². The van der Waals surface area contributed by atoms with Crippen LogP contribution in [-0.4, -0.2) is 50.2 Å². The molecule has 2 rings (SSSR count). The van der Waals surface area contributed by atoms with Gasteiger partial charge >= 0.3 is 11.9 Å². The first-order valence-electron chi connectivity index (χ1n) is 20.0. The van der Waals surface area contributed by atoms with E-state index in [2.05, 4.69) is 32.7 Å². The molecule has 5 nitrogen and oxygen atoms in total. The summed E-state index contributed by atoms with van der Waals surface area (Å²) < 4.78 is 11.6. The van der Waals surface area contributed by atoms with Gasteiger partial charge in [-0.3, -0.25) is 9.59 Å². The molecule has 0 amide bonds. The van der Waals surface area contributed by atoms with Gasteiger partial charge in [0.25, 0.3) is 0 Å². The van der Waals surface area contributed by atoms with Gasteiger partial charge in [-0.05, 0) is 62.8 Å². The van der Waals surface area contributed by atoms with E-state index in [4.69, 9.17) is 9.47 Å². The maximum Gasteiger partial charge on any atom is 0.309 e. The number of carbonyl (C=O) groups is 2. The summed E-state index contributed by atoms with van der Waals surface area (Å²) in [6.07, 6.45) is 30.7. The van der Waals surface area contributed by atoms with Crippen LogP contribution in [0.4, 0.5) is 0 Å². The van der Waals surface area contributed by atoms with Crippen molar-refractivity contribution in [3.63, 3.8) is 0 Å². The molecule has 1 aliphatic carbocycles. The van der Waals surface area contributed by atoms with Crippen molar-refractivity contribution in [2.45, 2.75) is 181 Å². The van der Waals surface area contributed by atoms with Crippen molar-refractivity contribution >= 4 is 11.9 Å². The molecule has 0 bridgehead atoms. The number of unbranched alkanes of at least 4 members (excludes halogenated alkanes) is 16. The number of fused-ring (bicyclic) bond motifs is 1. The van der Waals surface area contributed by atoms with E-state index in [-0.39, 0.29) is 17.9 Å². The quantitative estimate of drug-likeness (QED) is 0.0561. The fourth-order valence-corrected chi connectivity index (χ4v) is 7.62. The molecule has 1 saturated carbocycles. The predicted molar refractivity (Wildman–Crippen MR) is 189 cm³/mol. The van der Waals surface area contributed by atoms with Gasteiger partial charge in [-0.1, -0.05) is 143 Å². The van der Waals surface area contributed by atoms with E-state index >= 15 is 0 Å². The van der Waals surface area contributed by atoms with Crippen molar-refractivity contribution in [3.8, 4) is 0 Å². The molecule has 2 fully saturated rings. The minimum absolute atomic E-state index is 0.00486. The Kier molecular flexibility index (Phi) is 23.1. The van der Waals surface area contributed by atoms with Gasteiger partial charge in [0.2, 0.25) is 0 Å². The number of carbonyl (C=O) groups excluding carboxylic acids is 2. The average molecular weight is 634 g/mol. The van der Waals surface area contributed by atoms with Gasteiger partial charge in [0.05, 0.1) is 19.1 Å². The highest BCUT2D eigenvalue weighted by molar-refractivity contribution is 5.77. The number of hydrogen-bond donors (Lipinski definition) is 0. The van der Waals surface area contributed by atoms with Crippen LogP contribution in [0, 0.1) is 29.6 Å². The van der Waals surface area contributed by atoms with E-state index < -0.39 is 0 Å². The van der Waals surface area contributed by atoms with E-state index in [0.717, 1.165) is 25.9 Å². The molecular formula is C40H75NO4. The lowest BCUT2D eigenvalue weighted by atomic mass is 9.94. The zero-order chi connectivity index (χ0) is 32.5. The third kappa shape index (κ3) is 18.7. The molecule has 0 aromatic rings. The molecule has 2 aliphatic rings. The van der Waals surface area contributed by atoms with Crippen molar-refractivity contribution < 1.29 is 19.1 Å². The Balaban J connectivity index is 1.55. The Morgan fingerprint density at radius 3 is 1.47 bits per heavy atom. The highest BCUT2D eigenvalue weighted by Gasteiger charge is 2.59. The van der Waals surface area contributed by atoms with Crippen molar-refractivity contribution in [2.75, 3.05) is 33.4 Å². The smallest absolute Gasteiger partial charge is 0.309 e. The number of piperidine rings is 1. The van der Waals surface area contributed by atoms with E-state index in [0.29, 0.717) is 43.3 Å². The van der Waals surface area contributed by atoms with Crippen LogP contribution in [0.15, 0.2) is 0 Å². The number of likely N-dealkylation sites (tertiary alicyclic amines) is 1. The number of nitrogens with zero attached hydrogens (tertiary/aromatic N) is 1. The number of hydrogen-bond acceptors (Lipinski definition) is 5. The van der Waals surface area contributed by atoms with E-state index in [1.807, 2.05) is 0 Å². The first-order valence-corrected chi connectivity index (χ1v) is 20.0. The Morgan fingerprint density at radius 2 is 0.956 bits per heavy atom. The molecule has 0 N–H and O–H groups in total. The van der Waals surface area contributed by atoms with Crippen molar-refractivity contribution in [3.05, 3.63) is 0 Å². The van der Waals surface area contributed by atoms with Gasteiger partial charge in [0.1, 0.15) is 0 Å². The predicted octanol–water partition coefficient (Wildman–Crippen LogP) is 10.9. The third-order valence-electron chi connectivity index (χ3n) is 10.7. The fraction of sp³-hybridized carbons (Fsp3) is 0.950. The Morgan fingerprint density at radius 1 is 0.556 bits per heavy atom. The molecular weight excluding hydrogens is 558 g/mol. The molecule has 4 atom stereocenters. The summed E-state index contributed by atoms with van der Waals surface area (Å²) in [6, 6.07) is 0. The number of rotatable bonds is 31. The normalized spacial score (nSPS) is 20.6. The second-order valence-corrected chi connectivity index (χ2v) is 15.0. The summed E-state index contributed by atoms with van der Waals surface area (Å²) in [4.78, 5) is 27.5. The molecule has 0 aromatic heterocycles. The van der Waals surface area contributed by atoms with Crippen molar-refractivity contribution in [1.29, 1.82) is 0 Å². The molecule has 1 saturated heterocycles. The molecule has 1 aliphatic heterocycles. The first-order chi connectivity index (χ1) is 22.0. The molecule has 4 unspecified atom stereocenters. The summed E-state index contributed by atoms with van der Waals surface area (Å²) in [6.45, 7) is 10.1. The van der Waals surface area contributed by atoms with Crippen LogP contribution in [0.1, 0.15) is 181 Å². The largest absolute Gasteiger partial charge is 0.465 e. The Hall–Kier alpha value is -1.10. The minimum Gasteiger partial charge on any atom is -0.465 e.